The van der Waals surface area contributed by atoms with Crippen LogP contribution in [0, 0.1) is 0 Å². The lowest BCUT2D eigenvalue weighted by Crippen LogP contribution is -2.45. The fourth-order valence-electron chi connectivity index (χ4n) is 0.961. The summed E-state index contributed by atoms with van der Waals surface area (Å²) in [4.78, 5) is 0. The van der Waals surface area contributed by atoms with Gasteiger partial charge in [-0.15, -0.1) is 0 Å². The van der Waals surface area contributed by atoms with Gasteiger partial charge in [-0.25, -0.2) is 5.01 Å². The van der Waals surface area contributed by atoms with Crippen LogP contribution >= 0.6 is 0 Å². The van der Waals surface area contributed by atoms with Gasteiger partial charge in [-0.1, -0.05) is 0 Å². The van der Waals surface area contributed by atoms with E-state index in [9.17, 15) is 0 Å². The number of hydrogen-bond acceptors (Lipinski definition) is 4. The molecule has 0 spiro atoms. The lowest BCUT2D eigenvalue weighted by molar-refractivity contribution is 0.161. The Hall–Kier alpha value is -0.610. The van der Waals surface area contributed by atoms with Gasteiger partial charge in [0.15, 0.2) is 0 Å². The standard InChI is InChI=1S/C5H12N4/c1-5-3-9(6)4-8(2)7-5/h3-4,6H2,1-2H3. The predicted molar refractivity (Wildman–Crippen MR) is 36.6 cm³/mol. The molecule has 0 aromatic heterocycles. The molecule has 52 valence electrons. The quantitative estimate of drug-likeness (QED) is 0.445. The van der Waals surface area contributed by atoms with E-state index >= 15 is 0 Å². The van der Waals surface area contributed by atoms with E-state index < -0.39 is 0 Å². The van der Waals surface area contributed by atoms with E-state index in [1.54, 1.807) is 5.01 Å². The highest BCUT2D eigenvalue weighted by atomic mass is 15.6. The first-order chi connectivity index (χ1) is 4.18. The molecule has 0 fully saturated rings. The van der Waals surface area contributed by atoms with Crippen LogP contribution in [-0.2, 0) is 0 Å². The molecule has 1 heterocycles. The van der Waals surface area contributed by atoms with Crippen LogP contribution < -0.4 is 5.84 Å². The highest BCUT2D eigenvalue weighted by molar-refractivity contribution is 5.83. The van der Waals surface area contributed by atoms with Crippen LogP contribution in [0.3, 0.4) is 0 Å². The van der Waals surface area contributed by atoms with Gasteiger partial charge in [0, 0.05) is 7.05 Å². The minimum Gasteiger partial charge on any atom is -0.285 e. The summed E-state index contributed by atoms with van der Waals surface area (Å²) in [5.41, 5.74) is 1.06. The van der Waals surface area contributed by atoms with Gasteiger partial charge in [0.2, 0.25) is 0 Å². The average molecular weight is 128 g/mol. The van der Waals surface area contributed by atoms with Crippen molar-refractivity contribution in [1.82, 2.24) is 10.0 Å². The number of hydrazine groups is 1. The third kappa shape index (κ3) is 1.65. The Labute approximate surface area is 54.9 Å². The third-order valence-corrected chi connectivity index (χ3v) is 1.16. The Morgan fingerprint density at radius 3 is 2.78 bits per heavy atom. The largest absolute Gasteiger partial charge is 0.285 e. The van der Waals surface area contributed by atoms with Crippen LogP contribution in [0.15, 0.2) is 5.10 Å². The van der Waals surface area contributed by atoms with Crippen LogP contribution in [-0.4, -0.2) is 36.0 Å². The summed E-state index contributed by atoms with van der Waals surface area (Å²) in [5.74, 6) is 5.53. The van der Waals surface area contributed by atoms with Crippen molar-refractivity contribution in [2.75, 3.05) is 20.3 Å². The van der Waals surface area contributed by atoms with Crippen LogP contribution in [0.1, 0.15) is 6.92 Å². The number of rotatable bonds is 0. The molecule has 0 aromatic rings. The molecule has 2 N–H and O–H groups in total. The Kier molecular flexibility index (Phi) is 1.68. The molecule has 0 saturated carbocycles. The summed E-state index contributed by atoms with van der Waals surface area (Å²) < 4.78 is 0. The zero-order valence-electron chi connectivity index (χ0n) is 5.83. The molecule has 9 heavy (non-hydrogen) atoms. The van der Waals surface area contributed by atoms with Crippen LogP contribution in [0.5, 0.6) is 0 Å². The van der Waals surface area contributed by atoms with Crippen molar-refractivity contribution < 1.29 is 0 Å². The van der Waals surface area contributed by atoms with E-state index in [2.05, 4.69) is 5.10 Å². The first-order valence-electron chi connectivity index (χ1n) is 2.93. The molecule has 0 aliphatic carbocycles. The summed E-state index contributed by atoms with van der Waals surface area (Å²) in [6, 6.07) is 0. The highest BCUT2D eigenvalue weighted by Gasteiger charge is 2.08. The molecule has 0 atom stereocenters. The van der Waals surface area contributed by atoms with E-state index in [1.807, 2.05) is 19.0 Å². The van der Waals surface area contributed by atoms with Crippen molar-refractivity contribution in [1.29, 1.82) is 0 Å². The van der Waals surface area contributed by atoms with Crippen molar-refractivity contribution in [3.05, 3.63) is 0 Å². The molecule has 0 aromatic carbocycles. The maximum atomic E-state index is 5.53. The van der Waals surface area contributed by atoms with Crippen molar-refractivity contribution in [2.24, 2.45) is 10.9 Å². The molecule has 0 radical (unpaired) electrons. The molecular weight excluding hydrogens is 116 g/mol. The first-order valence-corrected chi connectivity index (χ1v) is 2.93. The Balaban J connectivity index is 2.56. The van der Waals surface area contributed by atoms with E-state index in [-0.39, 0.29) is 0 Å². The van der Waals surface area contributed by atoms with Crippen LogP contribution in [0.4, 0.5) is 0 Å². The van der Waals surface area contributed by atoms with E-state index in [0.29, 0.717) is 0 Å². The van der Waals surface area contributed by atoms with Crippen molar-refractivity contribution in [3.8, 4) is 0 Å². The first kappa shape index (κ1) is 6.51. The number of hydrazone groups is 1. The Bertz CT molecular complexity index is 131. The molecule has 0 saturated heterocycles. The zero-order chi connectivity index (χ0) is 6.85. The van der Waals surface area contributed by atoms with Crippen molar-refractivity contribution in [3.63, 3.8) is 0 Å². The summed E-state index contributed by atoms with van der Waals surface area (Å²) in [6.07, 6.45) is 0. The van der Waals surface area contributed by atoms with Gasteiger partial charge in [0.1, 0.15) is 6.67 Å². The third-order valence-electron chi connectivity index (χ3n) is 1.16. The lowest BCUT2D eigenvalue weighted by Gasteiger charge is -2.27. The van der Waals surface area contributed by atoms with E-state index in [1.165, 1.54) is 0 Å². The molecule has 4 heteroatoms. The SMILES string of the molecule is CC1=NN(C)CN(N)C1. The fraction of sp³-hybridized carbons (Fsp3) is 0.800. The number of nitrogens with zero attached hydrogens (tertiary/aromatic N) is 3. The maximum Gasteiger partial charge on any atom is 0.101 e. The zero-order valence-corrected chi connectivity index (χ0v) is 5.83. The Morgan fingerprint density at radius 2 is 2.33 bits per heavy atom. The summed E-state index contributed by atoms with van der Waals surface area (Å²) in [6.45, 7) is 3.47. The molecule has 1 rings (SSSR count). The van der Waals surface area contributed by atoms with Gasteiger partial charge in [-0.2, -0.15) is 5.10 Å². The topological polar surface area (TPSA) is 44.9 Å². The lowest BCUT2D eigenvalue weighted by atomic mass is 10.4. The van der Waals surface area contributed by atoms with E-state index in [4.69, 9.17) is 5.84 Å². The van der Waals surface area contributed by atoms with Crippen LogP contribution in [0.2, 0.25) is 0 Å². The van der Waals surface area contributed by atoms with Gasteiger partial charge in [0.25, 0.3) is 0 Å². The van der Waals surface area contributed by atoms with Gasteiger partial charge >= 0.3 is 0 Å². The Morgan fingerprint density at radius 1 is 1.67 bits per heavy atom. The second kappa shape index (κ2) is 2.33. The summed E-state index contributed by atoms with van der Waals surface area (Å²) >= 11 is 0. The molecule has 0 bridgehead atoms. The molecule has 1 aliphatic rings. The second-order valence-corrected chi connectivity index (χ2v) is 2.38. The summed E-state index contributed by atoms with van der Waals surface area (Å²) in [7, 11) is 1.91. The van der Waals surface area contributed by atoms with E-state index in [0.717, 1.165) is 18.9 Å². The highest BCUT2D eigenvalue weighted by Crippen LogP contribution is 1.95. The second-order valence-electron chi connectivity index (χ2n) is 2.38. The normalized spacial score (nSPS) is 22.1. The smallest absolute Gasteiger partial charge is 0.101 e. The van der Waals surface area contributed by atoms with Crippen LogP contribution in [0.25, 0.3) is 0 Å². The fourth-order valence-corrected chi connectivity index (χ4v) is 0.961. The number of nitrogens with two attached hydrogens (primary N) is 1. The number of hydrogen-bond donors (Lipinski definition) is 1. The minimum absolute atomic E-state index is 0.720. The molecular formula is C5H12N4. The minimum atomic E-state index is 0.720. The molecule has 1 aliphatic heterocycles. The molecule has 4 nitrogen and oxygen atoms in total. The van der Waals surface area contributed by atoms with Gasteiger partial charge in [-0.05, 0) is 6.92 Å². The van der Waals surface area contributed by atoms with Gasteiger partial charge in [-0.3, -0.25) is 10.9 Å². The monoisotopic (exact) mass is 128 g/mol. The maximum absolute atomic E-state index is 5.53. The van der Waals surface area contributed by atoms with Gasteiger partial charge in [0.05, 0.1) is 12.3 Å². The average Bonchev–Trinajstić information content (AvgIpc) is 1.59. The van der Waals surface area contributed by atoms with Crippen molar-refractivity contribution >= 4 is 5.71 Å². The van der Waals surface area contributed by atoms with Gasteiger partial charge < -0.3 is 0 Å². The molecule has 0 amide bonds. The van der Waals surface area contributed by atoms with Crippen molar-refractivity contribution in [2.45, 2.75) is 6.92 Å². The predicted octanol–water partition coefficient (Wildman–Crippen LogP) is -0.559. The molecule has 0 unspecified atom stereocenters. The summed E-state index contributed by atoms with van der Waals surface area (Å²) in [5, 5.41) is 7.70.